The highest BCUT2D eigenvalue weighted by molar-refractivity contribution is 7.99. The van der Waals surface area contributed by atoms with E-state index in [0.29, 0.717) is 33.7 Å². The second kappa shape index (κ2) is 10.7. The Morgan fingerprint density at radius 3 is 2.24 bits per heavy atom. The number of methoxy groups -OCH3 is 1. The number of carbonyl (C=O) groups is 1. The Kier molecular flexibility index (Phi) is 7.93. The molecule has 0 unspecified atom stereocenters. The zero-order valence-electron chi connectivity index (χ0n) is 17.8. The van der Waals surface area contributed by atoms with Gasteiger partial charge in [-0.1, -0.05) is 30.0 Å². The summed E-state index contributed by atoms with van der Waals surface area (Å²) in [6.07, 6.45) is 0.112. The molecule has 33 heavy (non-hydrogen) atoms. The minimum Gasteiger partial charge on any atom is -0.497 e. The highest BCUT2D eigenvalue weighted by Crippen LogP contribution is 2.28. The number of benzene rings is 3. The van der Waals surface area contributed by atoms with Crippen molar-refractivity contribution in [2.45, 2.75) is 28.9 Å². The monoisotopic (exact) mass is 492 g/mol. The molecule has 0 aliphatic rings. The molecule has 0 heterocycles. The molecule has 3 aromatic rings. The Morgan fingerprint density at radius 2 is 1.64 bits per heavy atom. The highest BCUT2D eigenvalue weighted by Gasteiger charge is 2.18. The average Bonchev–Trinajstić information content (AvgIpc) is 2.76. The molecular formula is C23H22F2N2O4S2. The van der Waals surface area contributed by atoms with Crippen molar-refractivity contribution in [1.82, 2.24) is 0 Å². The van der Waals surface area contributed by atoms with Gasteiger partial charge in [-0.25, -0.2) is 8.42 Å². The topological polar surface area (TPSA) is 84.5 Å². The number of carbonyl (C=O) groups excluding carboxylic acids is 1. The molecule has 0 aliphatic carbocycles. The maximum atomic E-state index is 12.9. The molecule has 0 fully saturated rings. The van der Waals surface area contributed by atoms with Crippen LogP contribution in [0.5, 0.6) is 5.75 Å². The van der Waals surface area contributed by atoms with Crippen LogP contribution in [0, 0.1) is 6.92 Å². The van der Waals surface area contributed by atoms with Gasteiger partial charge in [-0.2, -0.15) is 8.78 Å². The number of alkyl halides is 2. The number of nitrogens with one attached hydrogen (secondary N) is 2. The van der Waals surface area contributed by atoms with Crippen molar-refractivity contribution in [2.24, 2.45) is 0 Å². The zero-order valence-corrected chi connectivity index (χ0v) is 19.5. The first-order chi connectivity index (χ1) is 15.7. The summed E-state index contributed by atoms with van der Waals surface area (Å²) < 4.78 is 58.3. The number of amides is 1. The van der Waals surface area contributed by atoms with Crippen LogP contribution in [-0.2, 0) is 21.2 Å². The standard InChI is InChI=1S/C23H22F2N2O4S2/c1-15-3-6-18(26-22(28)13-16-4-9-19(31-2)10-5-16)14-21(15)33(29,30)27-17-7-11-20(12-8-17)32-23(24)25/h3-12,14,23,27H,13H2,1-2H3,(H,26,28). The third kappa shape index (κ3) is 6.93. The van der Waals surface area contributed by atoms with Crippen LogP contribution in [0.3, 0.4) is 0 Å². The number of hydrogen-bond acceptors (Lipinski definition) is 5. The van der Waals surface area contributed by atoms with Crippen molar-refractivity contribution >= 4 is 39.1 Å². The molecule has 3 aromatic carbocycles. The first-order valence-corrected chi connectivity index (χ1v) is 12.1. The third-order valence-electron chi connectivity index (χ3n) is 4.62. The van der Waals surface area contributed by atoms with Gasteiger partial charge in [0, 0.05) is 16.3 Å². The van der Waals surface area contributed by atoms with Gasteiger partial charge in [-0.15, -0.1) is 0 Å². The molecule has 0 saturated heterocycles. The fourth-order valence-corrected chi connectivity index (χ4v) is 4.85. The predicted octanol–water partition coefficient (Wildman–Crippen LogP) is 5.30. The second-order valence-corrected chi connectivity index (χ2v) is 9.78. The normalized spacial score (nSPS) is 11.3. The maximum absolute atomic E-state index is 12.9. The molecular weight excluding hydrogens is 470 g/mol. The summed E-state index contributed by atoms with van der Waals surface area (Å²) in [6, 6.07) is 17.3. The molecule has 2 N–H and O–H groups in total. The minimum atomic E-state index is -3.97. The van der Waals surface area contributed by atoms with Gasteiger partial charge < -0.3 is 10.1 Å². The van der Waals surface area contributed by atoms with E-state index in [2.05, 4.69) is 10.0 Å². The van der Waals surface area contributed by atoms with E-state index in [0.717, 1.165) is 5.56 Å². The molecule has 0 aromatic heterocycles. The summed E-state index contributed by atoms with van der Waals surface area (Å²) in [5.41, 5.74) is 1.84. The van der Waals surface area contributed by atoms with Crippen LogP contribution in [0.25, 0.3) is 0 Å². The predicted molar refractivity (Wildman–Crippen MR) is 126 cm³/mol. The van der Waals surface area contributed by atoms with E-state index in [4.69, 9.17) is 4.74 Å². The lowest BCUT2D eigenvalue weighted by Crippen LogP contribution is -2.17. The van der Waals surface area contributed by atoms with Gasteiger partial charge in [0.05, 0.1) is 18.4 Å². The fraction of sp³-hybridized carbons (Fsp3) is 0.174. The molecule has 0 bridgehead atoms. The van der Waals surface area contributed by atoms with Gasteiger partial charge in [0.15, 0.2) is 0 Å². The average molecular weight is 493 g/mol. The fourth-order valence-electron chi connectivity index (χ4n) is 3.02. The molecule has 0 saturated carbocycles. The largest absolute Gasteiger partial charge is 0.497 e. The van der Waals surface area contributed by atoms with Gasteiger partial charge in [-0.3, -0.25) is 9.52 Å². The van der Waals surface area contributed by atoms with Crippen molar-refractivity contribution < 1.29 is 26.7 Å². The number of sulfonamides is 1. The molecule has 3 rings (SSSR count). The summed E-state index contributed by atoms with van der Waals surface area (Å²) in [5.74, 6) is -2.17. The van der Waals surface area contributed by atoms with Gasteiger partial charge in [0.1, 0.15) is 5.75 Å². The number of thioether (sulfide) groups is 1. The summed E-state index contributed by atoms with van der Waals surface area (Å²) in [7, 11) is -2.42. The van der Waals surface area contributed by atoms with Crippen molar-refractivity contribution in [3.63, 3.8) is 0 Å². The molecule has 0 aliphatic heterocycles. The van der Waals surface area contributed by atoms with Gasteiger partial charge >= 0.3 is 0 Å². The van der Waals surface area contributed by atoms with E-state index >= 15 is 0 Å². The quantitative estimate of drug-likeness (QED) is 0.396. The van der Waals surface area contributed by atoms with Crippen LogP contribution in [-0.4, -0.2) is 27.2 Å². The summed E-state index contributed by atoms with van der Waals surface area (Å²) in [5, 5.41) is 2.71. The zero-order chi connectivity index (χ0) is 24.0. The highest BCUT2D eigenvalue weighted by atomic mass is 32.2. The van der Waals surface area contributed by atoms with E-state index in [1.807, 2.05) is 0 Å². The number of anilines is 2. The number of hydrogen-bond donors (Lipinski definition) is 2. The Labute approximate surface area is 195 Å². The summed E-state index contributed by atoms with van der Waals surface area (Å²) in [6.45, 7) is 1.64. The third-order valence-corrected chi connectivity index (χ3v) is 6.86. The van der Waals surface area contributed by atoms with Crippen LogP contribution in [0.1, 0.15) is 11.1 Å². The molecule has 0 radical (unpaired) electrons. The van der Waals surface area contributed by atoms with Crippen molar-refractivity contribution in [1.29, 1.82) is 0 Å². The van der Waals surface area contributed by atoms with Crippen LogP contribution >= 0.6 is 11.8 Å². The first-order valence-electron chi connectivity index (χ1n) is 9.77. The SMILES string of the molecule is COc1ccc(CC(=O)Nc2ccc(C)c(S(=O)(=O)Nc3ccc(SC(F)F)cc3)c2)cc1. The van der Waals surface area contributed by atoms with E-state index in [-0.39, 0.29) is 22.9 Å². The molecule has 174 valence electrons. The van der Waals surface area contributed by atoms with E-state index in [1.54, 1.807) is 50.4 Å². The summed E-state index contributed by atoms with van der Waals surface area (Å²) in [4.78, 5) is 12.7. The number of halogens is 2. The molecule has 10 heteroatoms. The van der Waals surface area contributed by atoms with Crippen LogP contribution < -0.4 is 14.8 Å². The van der Waals surface area contributed by atoms with Crippen LogP contribution in [0.15, 0.2) is 76.5 Å². The molecule has 0 atom stereocenters. The van der Waals surface area contributed by atoms with Gasteiger partial charge in [0.2, 0.25) is 5.91 Å². The lowest BCUT2D eigenvalue weighted by atomic mass is 10.1. The van der Waals surface area contributed by atoms with Crippen molar-refractivity contribution in [3.8, 4) is 5.75 Å². The minimum absolute atomic E-state index is 0.00391. The van der Waals surface area contributed by atoms with E-state index in [9.17, 15) is 22.0 Å². The van der Waals surface area contributed by atoms with Crippen LogP contribution in [0.2, 0.25) is 0 Å². The first kappa shape index (κ1) is 24.5. The summed E-state index contributed by atoms with van der Waals surface area (Å²) >= 11 is 0.377. The number of ether oxygens (including phenoxy) is 1. The van der Waals surface area contributed by atoms with Gasteiger partial charge in [0.25, 0.3) is 15.8 Å². The molecule has 6 nitrogen and oxygen atoms in total. The number of rotatable bonds is 9. The smallest absolute Gasteiger partial charge is 0.288 e. The Bertz CT molecular complexity index is 1220. The van der Waals surface area contributed by atoms with Crippen molar-refractivity contribution in [2.75, 3.05) is 17.1 Å². The number of aryl methyl sites for hydroxylation is 1. The van der Waals surface area contributed by atoms with E-state index < -0.39 is 15.8 Å². The Hall–Kier alpha value is -3.11. The lowest BCUT2D eigenvalue weighted by molar-refractivity contribution is -0.115. The van der Waals surface area contributed by atoms with Crippen molar-refractivity contribution in [3.05, 3.63) is 77.9 Å². The Morgan fingerprint density at radius 1 is 1.00 bits per heavy atom. The van der Waals surface area contributed by atoms with Crippen LogP contribution in [0.4, 0.5) is 20.2 Å². The maximum Gasteiger partial charge on any atom is 0.288 e. The van der Waals surface area contributed by atoms with Gasteiger partial charge in [-0.05, 0) is 66.6 Å². The second-order valence-electron chi connectivity index (χ2n) is 7.06. The van der Waals surface area contributed by atoms with E-state index in [1.165, 1.54) is 30.3 Å². The Balaban J connectivity index is 1.71. The molecule has 0 spiro atoms. The molecule has 1 amide bonds. The lowest BCUT2D eigenvalue weighted by Gasteiger charge is -2.13.